The second-order valence-corrected chi connectivity index (χ2v) is 5.16. The van der Waals surface area contributed by atoms with E-state index >= 15 is 0 Å². The quantitative estimate of drug-likeness (QED) is 0.837. The number of anilines is 1. The summed E-state index contributed by atoms with van der Waals surface area (Å²) in [7, 11) is 3.26. The molecule has 4 nitrogen and oxygen atoms in total. The first-order valence-corrected chi connectivity index (χ1v) is 6.84. The molecule has 0 spiro atoms. The molecule has 1 aliphatic carbocycles. The average Bonchev–Trinajstić information content (AvgIpc) is 2.48. The van der Waals surface area contributed by atoms with E-state index in [1.807, 2.05) is 18.2 Å². The first-order chi connectivity index (χ1) is 9.67. The van der Waals surface area contributed by atoms with E-state index in [0.717, 1.165) is 54.0 Å². The van der Waals surface area contributed by atoms with Gasteiger partial charge in [0.25, 0.3) is 0 Å². The Morgan fingerprint density at radius 1 is 1.30 bits per heavy atom. The van der Waals surface area contributed by atoms with Crippen molar-refractivity contribution in [2.45, 2.75) is 26.2 Å². The molecule has 0 saturated heterocycles. The van der Waals surface area contributed by atoms with Gasteiger partial charge < -0.3 is 14.8 Å². The van der Waals surface area contributed by atoms with Gasteiger partial charge >= 0.3 is 0 Å². The fraction of sp³-hybridized carbons (Fsp3) is 0.438. The Labute approximate surface area is 119 Å². The number of hydrogen-bond acceptors (Lipinski definition) is 4. The molecule has 0 saturated carbocycles. The highest BCUT2D eigenvalue weighted by molar-refractivity contribution is 5.77. The first kappa shape index (κ1) is 14.4. The van der Waals surface area contributed by atoms with Crippen LogP contribution in [0.3, 0.4) is 0 Å². The maximum atomic E-state index is 11.2. The maximum absolute atomic E-state index is 11.2. The van der Waals surface area contributed by atoms with Crippen LogP contribution in [0.5, 0.6) is 11.5 Å². The summed E-state index contributed by atoms with van der Waals surface area (Å²) in [5.74, 6) is 2.06. The minimum atomic E-state index is 0.563. The lowest BCUT2D eigenvalue weighted by Gasteiger charge is -2.24. The summed E-state index contributed by atoms with van der Waals surface area (Å²) in [6.07, 6.45) is 3.77. The summed E-state index contributed by atoms with van der Waals surface area (Å²) >= 11 is 0. The standard InChI is InChI=1S/C16H21NO3/c1-11-4-6-14(12(8-11)10-18)17-15-9-13(19-2)5-7-16(15)20-3/h5,7,9-11,17H,4,6,8H2,1-3H3. The summed E-state index contributed by atoms with van der Waals surface area (Å²) in [5, 5.41) is 3.34. The van der Waals surface area contributed by atoms with Crippen LogP contribution in [0.2, 0.25) is 0 Å². The van der Waals surface area contributed by atoms with Gasteiger partial charge in [0.1, 0.15) is 17.8 Å². The summed E-state index contributed by atoms with van der Waals surface area (Å²) < 4.78 is 10.6. The molecule has 108 valence electrons. The number of hydrogen-bond donors (Lipinski definition) is 1. The highest BCUT2D eigenvalue weighted by atomic mass is 16.5. The van der Waals surface area contributed by atoms with Crippen molar-refractivity contribution in [1.82, 2.24) is 0 Å². The van der Waals surface area contributed by atoms with E-state index in [9.17, 15) is 4.79 Å². The van der Waals surface area contributed by atoms with Gasteiger partial charge in [0.2, 0.25) is 0 Å². The van der Waals surface area contributed by atoms with Crippen LogP contribution >= 0.6 is 0 Å². The smallest absolute Gasteiger partial charge is 0.147 e. The molecule has 0 bridgehead atoms. The van der Waals surface area contributed by atoms with Crippen LogP contribution in [0.25, 0.3) is 0 Å². The number of benzene rings is 1. The molecule has 0 aromatic heterocycles. The van der Waals surface area contributed by atoms with Gasteiger partial charge in [0.15, 0.2) is 0 Å². The Morgan fingerprint density at radius 3 is 2.75 bits per heavy atom. The van der Waals surface area contributed by atoms with Gasteiger partial charge in [-0.25, -0.2) is 0 Å². The molecule has 0 aliphatic heterocycles. The average molecular weight is 275 g/mol. The van der Waals surface area contributed by atoms with E-state index in [1.54, 1.807) is 14.2 Å². The third kappa shape index (κ3) is 3.13. The lowest BCUT2D eigenvalue weighted by molar-refractivity contribution is -0.105. The minimum absolute atomic E-state index is 0.563. The Hall–Kier alpha value is -1.97. The van der Waals surface area contributed by atoms with Crippen molar-refractivity contribution in [3.8, 4) is 11.5 Å². The second-order valence-electron chi connectivity index (χ2n) is 5.16. The molecular weight excluding hydrogens is 254 g/mol. The highest BCUT2D eigenvalue weighted by Crippen LogP contribution is 2.34. The minimum Gasteiger partial charge on any atom is -0.497 e. The molecule has 2 rings (SSSR count). The summed E-state index contributed by atoms with van der Waals surface area (Å²) in [4.78, 5) is 11.2. The molecule has 0 fully saturated rings. The molecule has 20 heavy (non-hydrogen) atoms. The van der Waals surface area contributed by atoms with Crippen molar-refractivity contribution >= 4 is 12.0 Å². The number of methoxy groups -OCH3 is 2. The Morgan fingerprint density at radius 2 is 2.10 bits per heavy atom. The molecule has 0 amide bonds. The highest BCUT2D eigenvalue weighted by Gasteiger charge is 2.18. The molecule has 1 aliphatic rings. The van der Waals surface area contributed by atoms with Gasteiger partial charge in [-0.2, -0.15) is 0 Å². The fourth-order valence-corrected chi connectivity index (χ4v) is 2.49. The zero-order valence-electron chi connectivity index (χ0n) is 12.2. The van der Waals surface area contributed by atoms with Crippen LogP contribution in [0.1, 0.15) is 26.2 Å². The molecule has 1 aromatic rings. The van der Waals surface area contributed by atoms with Crippen molar-refractivity contribution in [3.63, 3.8) is 0 Å². The lowest BCUT2D eigenvalue weighted by Crippen LogP contribution is -2.14. The van der Waals surface area contributed by atoms with E-state index in [-0.39, 0.29) is 0 Å². The van der Waals surface area contributed by atoms with E-state index in [2.05, 4.69) is 12.2 Å². The second kappa shape index (κ2) is 6.46. The van der Waals surface area contributed by atoms with Gasteiger partial charge in [0.05, 0.1) is 19.9 Å². The predicted molar refractivity (Wildman–Crippen MR) is 79.3 cm³/mol. The summed E-state index contributed by atoms with van der Waals surface area (Å²) in [5.41, 5.74) is 2.68. The van der Waals surface area contributed by atoms with Crippen LogP contribution in [0, 0.1) is 5.92 Å². The van der Waals surface area contributed by atoms with Crippen LogP contribution in [-0.2, 0) is 4.79 Å². The van der Waals surface area contributed by atoms with Gasteiger partial charge in [-0.05, 0) is 37.3 Å². The number of nitrogens with one attached hydrogen (secondary N) is 1. The number of carbonyl (C=O) groups excluding carboxylic acids is 1. The molecular formula is C16H21NO3. The monoisotopic (exact) mass is 275 g/mol. The van der Waals surface area contributed by atoms with Crippen molar-refractivity contribution in [3.05, 3.63) is 29.5 Å². The number of aldehydes is 1. The Bertz CT molecular complexity index is 522. The van der Waals surface area contributed by atoms with Gasteiger partial charge in [-0.3, -0.25) is 4.79 Å². The molecule has 1 aromatic carbocycles. The zero-order valence-corrected chi connectivity index (χ0v) is 12.2. The van der Waals surface area contributed by atoms with Crippen molar-refractivity contribution in [1.29, 1.82) is 0 Å². The summed E-state index contributed by atoms with van der Waals surface area (Å²) in [6, 6.07) is 5.59. The first-order valence-electron chi connectivity index (χ1n) is 6.84. The van der Waals surface area contributed by atoms with Crippen molar-refractivity contribution in [2.75, 3.05) is 19.5 Å². The lowest BCUT2D eigenvalue weighted by atomic mass is 9.88. The Kier molecular flexibility index (Phi) is 4.66. The van der Waals surface area contributed by atoms with E-state index in [4.69, 9.17) is 9.47 Å². The van der Waals surface area contributed by atoms with Crippen LogP contribution in [0.15, 0.2) is 29.5 Å². The third-order valence-corrected chi connectivity index (χ3v) is 3.68. The fourth-order valence-electron chi connectivity index (χ4n) is 2.49. The number of allylic oxidation sites excluding steroid dienone is 2. The van der Waals surface area contributed by atoms with E-state index < -0.39 is 0 Å². The zero-order chi connectivity index (χ0) is 14.5. The van der Waals surface area contributed by atoms with Gasteiger partial charge in [-0.15, -0.1) is 0 Å². The maximum Gasteiger partial charge on any atom is 0.147 e. The largest absolute Gasteiger partial charge is 0.497 e. The normalized spacial score (nSPS) is 18.6. The van der Waals surface area contributed by atoms with E-state index in [0.29, 0.717) is 5.92 Å². The molecule has 0 heterocycles. The number of ether oxygens (including phenoxy) is 2. The molecule has 0 radical (unpaired) electrons. The van der Waals surface area contributed by atoms with Crippen LogP contribution in [0.4, 0.5) is 5.69 Å². The number of carbonyl (C=O) groups is 1. The molecule has 1 atom stereocenters. The Balaban J connectivity index is 2.30. The van der Waals surface area contributed by atoms with Crippen LogP contribution in [-0.4, -0.2) is 20.5 Å². The van der Waals surface area contributed by atoms with E-state index in [1.165, 1.54) is 0 Å². The molecule has 4 heteroatoms. The topological polar surface area (TPSA) is 47.6 Å². The molecule has 1 unspecified atom stereocenters. The SMILES string of the molecule is COc1ccc(OC)c(NC2=C(C=O)CC(C)CC2)c1. The number of rotatable bonds is 5. The van der Waals surface area contributed by atoms with Crippen molar-refractivity contribution in [2.24, 2.45) is 5.92 Å². The summed E-state index contributed by atoms with van der Waals surface area (Å²) in [6.45, 7) is 2.17. The van der Waals surface area contributed by atoms with Gasteiger partial charge in [-0.1, -0.05) is 6.92 Å². The molecule has 1 N–H and O–H groups in total. The van der Waals surface area contributed by atoms with Crippen LogP contribution < -0.4 is 14.8 Å². The third-order valence-electron chi connectivity index (χ3n) is 3.68. The van der Waals surface area contributed by atoms with Crippen molar-refractivity contribution < 1.29 is 14.3 Å². The predicted octanol–water partition coefficient (Wildman–Crippen LogP) is 3.39. The van der Waals surface area contributed by atoms with Gasteiger partial charge in [0, 0.05) is 17.3 Å².